The minimum absolute atomic E-state index is 0.0685. The number of carbonyl (C=O) groups excluding carboxylic acids is 2. The smallest absolute Gasteiger partial charge is 0.303 e. The second-order valence-electron chi connectivity index (χ2n) is 8.27. The summed E-state index contributed by atoms with van der Waals surface area (Å²) in [5.74, 6) is 0.900. The quantitative estimate of drug-likeness (QED) is 0.334. The summed E-state index contributed by atoms with van der Waals surface area (Å²) in [6.45, 7) is 1.13. The fourth-order valence-electron chi connectivity index (χ4n) is 4.03. The Morgan fingerprint density at radius 1 is 0.921 bits per heavy atom. The Hall–Kier alpha value is -4.86. The number of amides is 1. The number of para-hydroxylation sites is 1. The molecule has 0 saturated carbocycles. The SMILES string of the molecule is COc1cc(CC(=O)Nc2ccc(-n3c(COC(C)=O)nc4ccccc4c3=O)cc2)cc(OC)c1OC. The molecule has 0 fully saturated rings. The number of anilines is 1. The molecule has 0 bridgehead atoms. The van der Waals surface area contributed by atoms with Crippen LogP contribution in [0.25, 0.3) is 16.6 Å². The van der Waals surface area contributed by atoms with Gasteiger partial charge in [0.15, 0.2) is 17.3 Å². The average Bonchev–Trinajstić information content (AvgIpc) is 2.92. The molecule has 4 rings (SSSR count). The van der Waals surface area contributed by atoms with Crippen molar-refractivity contribution in [2.24, 2.45) is 0 Å². The number of ether oxygens (including phenoxy) is 4. The van der Waals surface area contributed by atoms with Crippen LogP contribution in [0, 0.1) is 0 Å². The Kier molecular flexibility index (Phi) is 7.91. The van der Waals surface area contributed by atoms with Crippen molar-refractivity contribution in [1.82, 2.24) is 9.55 Å². The molecule has 3 aromatic carbocycles. The van der Waals surface area contributed by atoms with Gasteiger partial charge in [0.2, 0.25) is 11.7 Å². The maximum absolute atomic E-state index is 13.3. The van der Waals surface area contributed by atoms with Crippen molar-refractivity contribution in [3.63, 3.8) is 0 Å². The fraction of sp³-hybridized carbons (Fsp3) is 0.214. The Bertz CT molecular complexity index is 1520. The number of nitrogens with zero attached hydrogens (tertiary/aromatic N) is 2. The molecular weight excluding hydrogens is 490 g/mol. The van der Waals surface area contributed by atoms with Crippen molar-refractivity contribution in [1.29, 1.82) is 0 Å². The summed E-state index contributed by atoms with van der Waals surface area (Å²) < 4.78 is 22.6. The number of methoxy groups -OCH3 is 3. The van der Waals surface area contributed by atoms with E-state index in [4.69, 9.17) is 18.9 Å². The second-order valence-corrected chi connectivity index (χ2v) is 8.27. The van der Waals surface area contributed by atoms with Crippen LogP contribution < -0.4 is 25.1 Å². The number of rotatable bonds is 9. The van der Waals surface area contributed by atoms with Gasteiger partial charge in [-0.1, -0.05) is 12.1 Å². The van der Waals surface area contributed by atoms with Gasteiger partial charge >= 0.3 is 5.97 Å². The molecular formula is C28H27N3O7. The second kappa shape index (κ2) is 11.5. The largest absolute Gasteiger partial charge is 0.493 e. The van der Waals surface area contributed by atoms with Crippen LogP contribution in [-0.4, -0.2) is 42.8 Å². The molecule has 0 unspecified atom stereocenters. The molecule has 196 valence electrons. The third-order valence-corrected chi connectivity index (χ3v) is 5.75. The number of benzene rings is 3. The van der Waals surface area contributed by atoms with E-state index in [9.17, 15) is 14.4 Å². The van der Waals surface area contributed by atoms with Crippen molar-refractivity contribution >= 4 is 28.5 Å². The number of nitrogens with one attached hydrogen (secondary N) is 1. The van der Waals surface area contributed by atoms with E-state index in [1.54, 1.807) is 60.7 Å². The molecule has 0 atom stereocenters. The van der Waals surface area contributed by atoms with E-state index in [1.165, 1.54) is 32.8 Å². The van der Waals surface area contributed by atoms with Gasteiger partial charge in [0.25, 0.3) is 5.56 Å². The molecule has 1 heterocycles. The van der Waals surface area contributed by atoms with E-state index in [-0.39, 0.29) is 30.3 Å². The number of aromatic nitrogens is 2. The van der Waals surface area contributed by atoms with Crippen molar-refractivity contribution in [2.45, 2.75) is 20.0 Å². The average molecular weight is 518 g/mol. The highest BCUT2D eigenvalue weighted by molar-refractivity contribution is 5.92. The lowest BCUT2D eigenvalue weighted by Gasteiger charge is -2.15. The zero-order valence-electron chi connectivity index (χ0n) is 21.4. The third-order valence-electron chi connectivity index (χ3n) is 5.75. The van der Waals surface area contributed by atoms with Crippen LogP contribution in [-0.2, 0) is 27.4 Å². The normalized spacial score (nSPS) is 10.6. The Morgan fingerprint density at radius 3 is 2.18 bits per heavy atom. The number of carbonyl (C=O) groups is 2. The lowest BCUT2D eigenvalue weighted by Crippen LogP contribution is -2.25. The fourth-order valence-corrected chi connectivity index (χ4v) is 4.03. The summed E-state index contributed by atoms with van der Waals surface area (Å²) in [6, 6.07) is 17.1. The van der Waals surface area contributed by atoms with Gasteiger partial charge in [-0.3, -0.25) is 19.0 Å². The number of hydrogen-bond acceptors (Lipinski definition) is 8. The zero-order valence-corrected chi connectivity index (χ0v) is 21.4. The van der Waals surface area contributed by atoms with Gasteiger partial charge in [0.1, 0.15) is 6.61 Å². The van der Waals surface area contributed by atoms with Crippen LogP contribution in [0.15, 0.2) is 65.5 Å². The molecule has 1 aromatic heterocycles. The molecule has 0 aliphatic heterocycles. The van der Waals surface area contributed by atoms with Crippen LogP contribution in [0.5, 0.6) is 17.2 Å². The summed E-state index contributed by atoms with van der Waals surface area (Å²) in [5, 5.41) is 3.28. The standard InChI is InChI=1S/C28H27N3O7/c1-17(32)38-16-25-30-22-8-6-5-7-21(22)28(34)31(25)20-11-9-19(10-12-20)29-26(33)15-18-13-23(35-2)27(37-4)24(14-18)36-3/h5-14H,15-16H2,1-4H3,(H,29,33). The van der Waals surface area contributed by atoms with Crippen molar-refractivity contribution in [3.05, 3.63) is 82.4 Å². The molecule has 0 aliphatic rings. The monoisotopic (exact) mass is 517 g/mol. The van der Waals surface area contributed by atoms with E-state index < -0.39 is 5.97 Å². The molecule has 0 saturated heterocycles. The first kappa shape index (κ1) is 26.2. The van der Waals surface area contributed by atoms with E-state index in [0.717, 1.165) is 0 Å². The topological polar surface area (TPSA) is 118 Å². The Labute approximate surface area is 218 Å². The highest BCUT2D eigenvalue weighted by Crippen LogP contribution is 2.38. The van der Waals surface area contributed by atoms with Crippen LogP contribution >= 0.6 is 0 Å². The van der Waals surface area contributed by atoms with Gasteiger partial charge < -0.3 is 24.3 Å². The predicted octanol–water partition coefficient (Wildman–Crippen LogP) is 3.66. The summed E-state index contributed by atoms with van der Waals surface area (Å²) in [4.78, 5) is 42.0. The van der Waals surface area contributed by atoms with E-state index in [1.807, 2.05) is 0 Å². The molecule has 0 radical (unpaired) electrons. The third kappa shape index (κ3) is 5.59. The van der Waals surface area contributed by atoms with Crippen LogP contribution in [0.2, 0.25) is 0 Å². The van der Waals surface area contributed by atoms with Gasteiger partial charge in [-0.25, -0.2) is 4.98 Å². The highest BCUT2D eigenvalue weighted by atomic mass is 16.5. The van der Waals surface area contributed by atoms with Crippen LogP contribution in [0.4, 0.5) is 5.69 Å². The van der Waals surface area contributed by atoms with Crippen LogP contribution in [0.1, 0.15) is 18.3 Å². The zero-order chi connectivity index (χ0) is 27.2. The Balaban J connectivity index is 1.58. The molecule has 0 aliphatic carbocycles. The van der Waals surface area contributed by atoms with Crippen LogP contribution in [0.3, 0.4) is 0 Å². The lowest BCUT2D eigenvalue weighted by atomic mass is 10.1. The molecule has 1 amide bonds. The predicted molar refractivity (Wildman–Crippen MR) is 141 cm³/mol. The molecule has 4 aromatic rings. The van der Waals surface area contributed by atoms with Crippen molar-refractivity contribution in [2.75, 3.05) is 26.6 Å². The molecule has 38 heavy (non-hydrogen) atoms. The first-order valence-electron chi connectivity index (χ1n) is 11.7. The molecule has 1 N–H and O–H groups in total. The molecule has 0 spiro atoms. The molecule has 10 nitrogen and oxygen atoms in total. The summed E-state index contributed by atoms with van der Waals surface area (Å²) in [5.41, 5.74) is 1.94. The number of esters is 1. The highest BCUT2D eigenvalue weighted by Gasteiger charge is 2.16. The first-order valence-corrected chi connectivity index (χ1v) is 11.7. The van der Waals surface area contributed by atoms with E-state index in [2.05, 4.69) is 10.3 Å². The van der Waals surface area contributed by atoms with Gasteiger partial charge in [0, 0.05) is 12.6 Å². The summed E-state index contributed by atoms with van der Waals surface area (Å²) in [7, 11) is 4.53. The van der Waals surface area contributed by atoms with Gasteiger partial charge in [-0.2, -0.15) is 0 Å². The van der Waals surface area contributed by atoms with E-state index in [0.29, 0.717) is 45.1 Å². The number of hydrogen-bond donors (Lipinski definition) is 1. The lowest BCUT2D eigenvalue weighted by molar-refractivity contribution is -0.142. The maximum atomic E-state index is 13.3. The minimum Gasteiger partial charge on any atom is -0.493 e. The summed E-state index contributed by atoms with van der Waals surface area (Å²) >= 11 is 0. The summed E-state index contributed by atoms with van der Waals surface area (Å²) in [6.07, 6.45) is 0.0685. The van der Waals surface area contributed by atoms with Crippen molar-refractivity contribution in [3.8, 4) is 22.9 Å². The van der Waals surface area contributed by atoms with Gasteiger partial charge in [0.05, 0.1) is 44.3 Å². The maximum Gasteiger partial charge on any atom is 0.303 e. The minimum atomic E-state index is -0.482. The first-order chi connectivity index (χ1) is 18.3. The van der Waals surface area contributed by atoms with Crippen molar-refractivity contribution < 1.29 is 28.5 Å². The Morgan fingerprint density at radius 2 is 1.58 bits per heavy atom. The number of fused-ring (bicyclic) bond motifs is 1. The van der Waals surface area contributed by atoms with Gasteiger partial charge in [-0.05, 0) is 54.1 Å². The van der Waals surface area contributed by atoms with E-state index >= 15 is 0 Å². The van der Waals surface area contributed by atoms with Gasteiger partial charge in [-0.15, -0.1) is 0 Å². The molecule has 10 heteroatoms.